The Kier molecular flexibility index (Phi) is 4.18. The minimum absolute atomic E-state index is 0.180. The number of nitrogens with zero attached hydrogens (tertiary/aromatic N) is 4. The summed E-state index contributed by atoms with van der Waals surface area (Å²) in [5.41, 5.74) is 1.93. The van der Waals surface area contributed by atoms with Crippen molar-refractivity contribution in [3.63, 3.8) is 0 Å². The summed E-state index contributed by atoms with van der Waals surface area (Å²) >= 11 is 1.68. The highest BCUT2D eigenvalue weighted by molar-refractivity contribution is 7.22. The summed E-state index contributed by atoms with van der Waals surface area (Å²) in [5.74, 6) is 0.201. The molecule has 1 amide bonds. The van der Waals surface area contributed by atoms with Crippen LogP contribution in [0.3, 0.4) is 0 Å². The maximum atomic E-state index is 12.2. The highest BCUT2D eigenvalue weighted by Gasteiger charge is 2.54. The van der Waals surface area contributed by atoms with Crippen molar-refractivity contribution < 1.29 is 14.6 Å². The fraction of sp³-hybridized carbons (Fsp3) is 0.409. The normalized spacial score (nSPS) is 17.7. The van der Waals surface area contributed by atoms with E-state index in [-0.39, 0.29) is 17.3 Å². The first kappa shape index (κ1) is 19.1. The zero-order valence-corrected chi connectivity index (χ0v) is 18.1. The summed E-state index contributed by atoms with van der Waals surface area (Å²) in [6.07, 6.45) is -0.222. The van der Waals surface area contributed by atoms with Gasteiger partial charge in [0.1, 0.15) is 16.9 Å². The van der Waals surface area contributed by atoms with Crippen molar-refractivity contribution in [1.29, 1.82) is 0 Å². The molecule has 0 bridgehead atoms. The van der Waals surface area contributed by atoms with E-state index in [1.54, 1.807) is 28.4 Å². The van der Waals surface area contributed by atoms with Gasteiger partial charge in [0.2, 0.25) is 0 Å². The number of anilines is 1. The molecular formula is C22H24N4O3S. The zero-order valence-electron chi connectivity index (χ0n) is 17.3. The summed E-state index contributed by atoms with van der Waals surface area (Å²) in [4.78, 5) is 16.3. The number of phenols is 1. The van der Waals surface area contributed by atoms with Crippen LogP contribution in [-0.2, 0) is 4.74 Å². The highest BCUT2D eigenvalue weighted by Crippen LogP contribution is 2.45. The Hall–Kier alpha value is -2.87. The molecule has 0 unspecified atom stereocenters. The van der Waals surface area contributed by atoms with Crippen LogP contribution in [0.1, 0.15) is 20.8 Å². The Bertz CT molecular complexity index is 1120. The second kappa shape index (κ2) is 6.57. The van der Waals surface area contributed by atoms with Crippen LogP contribution in [0.4, 0.5) is 9.80 Å². The van der Waals surface area contributed by atoms with E-state index in [2.05, 4.69) is 21.2 Å². The van der Waals surface area contributed by atoms with Gasteiger partial charge >= 0.3 is 6.09 Å². The Morgan fingerprint density at radius 2 is 1.87 bits per heavy atom. The van der Waals surface area contributed by atoms with Crippen molar-refractivity contribution in [3.8, 4) is 17.0 Å². The van der Waals surface area contributed by atoms with Crippen LogP contribution in [0.25, 0.3) is 21.5 Å². The molecule has 0 radical (unpaired) electrons. The van der Waals surface area contributed by atoms with Crippen molar-refractivity contribution in [1.82, 2.24) is 15.1 Å². The third-order valence-electron chi connectivity index (χ3n) is 5.51. The van der Waals surface area contributed by atoms with E-state index >= 15 is 0 Å². The predicted octanol–water partition coefficient (Wildman–Crippen LogP) is 4.12. The largest absolute Gasteiger partial charge is 0.507 e. The fourth-order valence-corrected chi connectivity index (χ4v) is 5.17. The number of amides is 1. The first-order valence-corrected chi connectivity index (χ1v) is 10.8. The quantitative estimate of drug-likeness (QED) is 0.667. The van der Waals surface area contributed by atoms with E-state index in [9.17, 15) is 9.90 Å². The number of rotatable bonds is 2. The highest BCUT2D eigenvalue weighted by atomic mass is 32.1. The van der Waals surface area contributed by atoms with Gasteiger partial charge in [-0.15, -0.1) is 21.5 Å². The average Bonchev–Trinajstić information content (AvgIpc) is 3.01. The molecular weight excluding hydrogens is 400 g/mol. The Morgan fingerprint density at radius 1 is 1.13 bits per heavy atom. The average molecular weight is 425 g/mol. The molecule has 3 aromatic rings. The number of carbonyl (C=O) groups excluding carboxylic acids is 1. The van der Waals surface area contributed by atoms with Gasteiger partial charge < -0.3 is 19.6 Å². The van der Waals surface area contributed by atoms with Crippen LogP contribution in [0.2, 0.25) is 0 Å². The van der Waals surface area contributed by atoms with Gasteiger partial charge in [-0.05, 0) is 39.0 Å². The van der Waals surface area contributed by atoms with Crippen molar-refractivity contribution in [2.45, 2.75) is 26.4 Å². The fourth-order valence-electron chi connectivity index (χ4n) is 4.14. The summed E-state index contributed by atoms with van der Waals surface area (Å²) in [6, 6.07) is 11.2. The molecule has 5 rings (SSSR count). The van der Waals surface area contributed by atoms with Crippen LogP contribution in [0.5, 0.6) is 5.75 Å². The summed E-state index contributed by atoms with van der Waals surface area (Å²) in [5, 5.41) is 19.9. The van der Waals surface area contributed by atoms with E-state index < -0.39 is 5.60 Å². The van der Waals surface area contributed by atoms with Gasteiger partial charge in [0.15, 0.2) is 0 Å². The summed E-state index contributed by atoms with van der Waals surface area (Å²) in [7, 11) is 0. The second-order valence-corrected chi connectivity index (χ2v) is 10.3. The minimum Gasteiger partial charge on any atom is -0.507 e. The number of hydrogen-bond acceptors (Lipinski definition) is 7. The lowest BCUT2D eigenvalue weighted by Gasteiger charge is -2.60. The molecule has 0 atom stereocenters. The molecule has 0 aliphatic carbocycles. The van der Waals surface area contributed by atoms with Crippen molar-refractivity contribution in [2.75, 3.05) is 31.1 Å². The number of phenolic OH excluding ortho intramolecular Hbond substituents is 1. The molecule has 156 valence electrons. The molecule has 8 heteroatoms. The molecule has 2 aromatic heterocycles. The van der Waals surface area contributed by atoms with E-state index in [0.717, 1.165) is 41.4 Å². The maximum absolute atomic E-state index is 12.2. The van der Waals surface area contributed by atoms with E-state index in [4.69, 9.17) is 4.74 Å². The van der Waals surface area contributed by atoms with Gasteiger partial charge in [-0.2, -0.15) is 0 Å². The molecule has 4 heterocycles. The van der Waals surface area contributed by atoms with E-state index in [1.807, 2.05) is 39.0 Å². The SMILES string of the molecule is CC(C)(C)OC(=O)N1CC2(C1)CN(c1cc3nnc(-c4ccccc4O)cc3s1)C2. The van der Waals surface area contributed by atoms with E-state index in [0.29, 0.717) is 11.3 Å². The van der Waals surface area contributed by atoms with Gasteiger partial charge in [-0.1, -0.05) is 12.1 Å². The smallest absolute Gasteiger partial charge is 0.410 e. The Morgan fingerprint density at radius 3 is 2.57 bits per heavy atom. The van der Waals surface area contributed by atoms with Crippen LogP contribution in [0.15, 0.2) is 36.4 Å². The molecule has 1 N–H and O–H groups in total. The van der Waals surface area contributed by atoms with Gasteiger partial charge in [0.25, 0.3) is 0 Å². The first-order valence-electron chi connectivity index (χ1n) is 10.00. The van der Waals surface area contributed by atoms with Crippen LogP contribution in [-0.4, -0.2) is 58.1 Å². The number of benzene rings is 1. The molecule has 1 spiro atoms. The number of para-hydroxylation sites is 1. The van der Waals surface area contributed by atoms with Crippen molar-refractivity contribution in [3.05, 3.63) is 36.4 Å². The van der Waals surface area contributed by atoms with Gasteiger partial charge in [0, 0.05) is 43.2 Å². The Labute approximate surface area is 178 Å². The number of likely N-dealkylation sites (tertiary alicyclic amines) is 1. The number of carbonyl (C=O) groups is 1. The topological polar surface area (TPSA) is 78.8 Å². The van der Waals surface area contributed by atoms with Gasteiger partial charge in [-0.3, -0.25) is 0 Å². The molecule has 2 fully saturated rings. The second-order valence-electron chi connectivity index (χ2n) is 9.27. The van der Waals surface area contributed by atoms with Gasteiger partial charge in [0.05, 0.1) is 15.4 Å². The lowest BCUT2D eigenvalue weighted by Crippen LogP contribution is -2.73. The minimum atomic E-state index is -0.459. The lowest BCUT2D eigenvalue weighted by atomic mass is 9.73. The molecule has 2 aliphatic heterocycles. The van der Waals surface area contributed by atoms with Crippen molar-refractivity contribution >= 4 is 32.6 Å². The predicted molar refractivity (Wildman–Crippen MR) is 117 cm³/mol. The third kappa shape index (κ3) is 3.35. The molecule has 30 heavy (non-hydrogen) atoms. The van der Waals surface area contributed by atoms with E-state index in [1.165, 1.54) is 0 Å². The van der Waals surface area contributed by atoms with Crippen LogP contribution >= 0.6 is 11.3 Å². The number of aromatic nitrogens is 2. The van der Waals surface area contributed by atoms with Gasteiger partial charge in [-0.25, -0.2) is 4.79 Å². The summed E-state index contributed by atoms with van der Waals surface area (Å²) < 4.78 is 6.50. The number of fused-ring (bicyclic) bond motifs is 1. The molecule has 1 aromatic carbocycles. The maximum Gasteiger partial charge on any atom is 0.410 e. The zero-order chi connectivity index (χ0) is 21.1. The van der Waals surface area contributed by atoms with Crippen LogP contribution in [0, 0.1) is 5.41 Å². The lowest BCUT2D eigenvalue weighted by molar-refractivity contribution is -0.0451. The Balaban J connectivity index is 1.26. The summed E-state index contributed by atoms with van der Waals surface area (Å²) in [6.45, 7) is 9.03. The molecule has 0 saturated carbocycles. The molecule has 2 saturated heterocycles. The number of aromatic hydroxyl groups is 1. The molecule has 2 aliphatic rings. The van der Waals surface area contributed by atoms with Crippen molar-refractivity contribution in [2.24, 2.45) is 5.41 Å². The number of thiophene rings is 1. The standard InChI is InChI=1S/C22H24N4O3S/c1-21(2,3)29-20(28)26-12-22(13-26)10-25(11-22)19-9-16-18(30-19)8-15(23-24-16)14-6-4-5-7-17(14)27/h4-9,27H,10-13H2,1-3H3. The molecule has 7 nitrogen and oxygen atoms in total. The van der Waals surface area contributed by atoms with Crippen LogP contribution < -0.4 is 4.90 Å². The first-order chi connectivity index (χ1) is 14.2. The third-order valence-corrected chi connectivity index (χ3v) is 6.64. The number of hydrogen-bond donors (Lipinski definition) is 1. The monoisotopic (exact) mass is 424 g/mol. The number of ether oxygens (including phenoxy) is 1.